The zero-order valence-electron chi connectivity index (χ0n) is 10.1. The number of methoxy groups -OCH3 is 1. The number of nitrogen functional groups attached to an aromatic ring is 1. The Morgan fingerprint density at radius 3 is 3.11 bits per heavy atom. The Hall–Kier alpha value is -2.35. The summed E-state index contributed by atoms with van der Waals surface area (Å²) in [7, 11) is 1.30. The average Bonchev–Trinajstić information content (AvgIpc) is 3.03. The van der Waals surface area contributed by atoms with Gasteiger partial charge in [-0.15, -0.1) is 11.3 Å². The molecule has 0 aromatic carbocycles. The van der Waals surface area contributed by atoms with Crippen LogP contribution in [0.4, 0.5) is 5.69 Å². The molecule has 2 N–H and O–H groups in total. The first kappa shape index (κ1) is 11.7. The zero-order chi connectivity index (χ0) is 13.4. The average molecular weight is 277 g/mol. The number of nitrogens with zero attached hydrogens (tertiary/aromatic N) is 4. The van der Waals surface area contributed by atoms with Gasteiger partial charge in [-0.1, -0.05) is 0 Å². The minimum atomic E-state index is -0.540. The Morgan fingerprint density at radius 2 is 2.37 bits per heavy atom. The number of imidazole rings is 1. The summed E-state index contributed by atoms with van der Waals surface area (Å²) in [5.41, 5.74) is 7.00. The predicted octanol–water partition coefficient (Wildman–Crippen LogP) is 1.01. The maximum Gasteiger partial charge on any atom is 0.360 e. The summed E-state index contributed by atoms with van der Waals surface area (Å²) in [5, 5.41) is 6.07. The lowest BCUT2D eigenvalue weighted by Gasteiger charge is -1.96. The Morgan fingerprint density at radius 1 is 1.53 bits per heavy atom. The van der Waals surface area contributed by atoms with Crippen LogP contribution in [-0.2, 0) is 11.3 Å². The Labute approximate surface area is 112 Å². The van der Waals surface area contributed by atoms with Crippen LogP contribution < -0.4 is 5.73 Å². The number of carbonyl (C=O) groups is 1. The van der Waals surface area contributed by atoms with Gasteiger partial charge in [-0.2, -0.15) is 5.10 Å². The van der Waals surface area contributed by atoms with E-state index in [9.17, 15) is 4.79 Å². The van der Waals surface area contributed by atoms with E-state index in [1.165, 1.54) is 7.11 Å². The monoisotopic (exact) mass is 277 g/mol. The highest BCUT2D eigenvalue weighted by atomic mass is 32.1. The predicted molar refractivity (Wildman–Crippen MR) is 70.1 cm³/mol. The Balaban J connectivity index is 1.87. The van der Waals surface area contributed by atoms with Crippen LogP contribution in [0, 0.1) is 0 Å². The number of anilines is 1. The van der Waals surface area contributed by atoms with Crippen molar-refractivity contribution in [1.82, 2.24) is 19.2 Å². The van der Waals surface area contributed by atoms with Gasteiger partial charge in [-0.3, -0.25) is 9.08 Å². The van der Waals surface area contributed by atoms with Crippen molar-refractivity contribution < 1.29 is 9.53 Å². The van der Waals surface area contributed by atoms with Crippen molar-refractivity contribution in [1.29, 1.82) is 0 Å². The number of rotatable bonds is 3. The fourth-order valence-electron chi connectivity index (χ4n) is 1.79. The molecule has 0 saturated heterocycles. The summed E-state index contributed by atoms with van der Waals surface area (Å²) in [6.45, 7) is 0.454. The van der Waals surface area contributed by atoms with Gasteiger partial charge in [0.15, 0.2) is 10.7 Å². The van der Waals surface area contributed by atoms with Crippen LogP contribution in [0.25, 0.3) is 4.96 Å². The summed E-state index contributed by atoms with van der Waals surface area (Å²) < 4.78 is 8.12. The molecule has 0 atom stereocenters. The van der Waals surface area contributed by atoms with Gasteiger partial charge in [0.1, 0.15) is 0 Å². The summed E-state index contributed by atoms with van der Waals surface area (Å²) in [4.78, 5) is 16.8. The van der Waals surface area contributed by atoms with E-state index < -0.39 is 5.97 Å². The van der Waals surface area contributed by atoms with Crippen molar-refractivity contribution in [2.75, 3.05) is 12.8 Å². The molecule has 3 aromatic rings. The fourth-order valence-corrected chi connectivity index (χ4v) is 2.51. The van der Waals surface area contributed by atoms with Crippen molar-refractivity contribution in [3.05, 3.63) is 35.4 Å². The fraction of sp³-hybridized carbons (Fsp3) is 0.182. The molecule has 3 heterocycles. The Kier molecular flexibility index (Phi) is 2.71. The van der Waals surface area contributed by atoms with E-state index in [2.05, 4.69) is 14.8 Å². The second-order valence-corrected chi connectivity index (χ2v) is 4.82. The van der Waals surface area contributed by atoms with Gasteiger partial charge < -0.3 is 10.5 Å². The highest BCUT2D eigenvalue weighted by Gasteiger charge is 2.15. The molecule has 0 aliphatic rings. The zero-order valence-corrected chi connectivity index (χ0v) is 10.9. The van der Waals surface area contributed by atoms with Crippen LogP contribution in [0.3, 0.4) is 0 Å². The molecule has 7 nitrogen and oxygen atoms in total. The van der Waals surface area contributed by atoms with E-state index in [0.29, 0.717) is 12.2 Å². The molecule has 0 amide bonds. The third kappa shape index (κ3) is 2.06. The molecule has 0 fully saturated rings. The van der Waals surface area contributed by atoms with E-state index in [1.807, 2.05) is 22.2 Å². The lowest BCUT2D eigenvalue weighted by Crippen LogP contribution is -2.07. The van der Waals surface area contributed by atoms with Crippen molar-refractivity contribution in [2.24, 2.45) is 0 Å². The van der Waals surface area contributed by atoms with E-state index >= 15 is 0 Å². The summed E-state index contributed by atoms with van der Waals surface area (Å²) >= 11 is 1.56. The SMILES string of the molecule is COC(=O)c1nn(Cc2cn3ccsc3n2)cc1N. The highest BCUT2D eigenvalue weighted by Crippen LogP contribution is 2.14. The minimum Gasteiger partial charge on any atom is -0.464 e. The van der Waals surface area contributed by atoms with E-state index in [1.54, 1.807) is 22.2 Å². The number of nitrogens with two attached hydrogens (primary N) is 1. The standard InChI is InChI=1S/C11H11N5O2S/c1-18-10(17)9-8(12)6-16(14-9)5-7-4-15-2-3-19-11(15)13-7/h2-4,6H,5,12H2,1H3. The molecule has 0 spiro atoms. The molecule has 0 aliphatic heterocycles. The second-order valence-electron chi connectivity index (χ2n) is 3.95. The van der Waals surface area contributed by atoms with Gasteiger partial charge in [0.2, 0.25) is 0 Å². The minimum absolute atomic E-state index is 0.128. The summed E-state index contributed by atoms with van der Waals surface area (Å²) in [6, 6.07) is 0. The molecule has 19 heavy (non-hydrogen) atoms. The molecule has 0 unspecified atom stereocenters. The molecule has 0 saturated carbocycles. The number of ether oxygens (including phenoxy) is 1. The van der Waals surface area contributed by atoms with Crippen molar-refractivity contribution >= 4 is 28.0 Å². The number of hydrogen-bond acceptors (Lipinski definition) is 6. The molecule has 3 rings (SSSR count). The van der Waals surface area contributed by atoms with Crippen molar-refractivity contribution in [3.63, 3.8) is 0 Å². The van der Waals surface area contributed by atoms with Gasteiger partial charge >= 0.3 is 5.97 Å². The van der Waals surface area contributed by atoms with Crippen LogP contribution >= 0.6 is 11.3 Å². The number of thiazole rings is 1. The highest BCUT2D eigenvalue weighted by molar-refractivity contribution is 7.15. The number of fused-ring (bicyclic) bond motifs is 1. The third-order valence-electron chi connectivity index (χ3n) is 2.64. The molecular weight excluding hydrogens is 266 g/mol. The number of esters is 1. The van der Waals surface area contributed by atoms with Crippen molar-refractivity contribution in [3.8, 4) is 0 Å². The molecular formula is C11H11N5O2S. The Bertz CT molecular complexity index is 713. The third-order valence-corrected chi connectivity index (χ3v) is 3.41. The number of hydrogen-bond donors (Lipinski definition) is 1. The van der Waals surface area contributed by atoms with Gasteiger partial charge in [0.25, 0.3) is 0 Å². The molecule has 3 aromatic heterocycles. The van der Waals surface area contributed by atoms with Crippen LogP contribution in [0.15, 0.2) is 24.0 Å². The molecule has 0 aliphatic carbocycles. The lowest BCUT2D eigenvalue weighted by atomic mass is 10.4. The smallest absolute Gasteiger partial charge is 0.360 e. The topological polar surface area (TPSA) is 87.4 Å². The lowest BCUT2D eigenvalue weighted by molar-refractivity contribution is 0.0594. The summed E-state index contributed by atoms with van der Waals surface area (Å²) in [5.74, 6) is -0.540. The van der Waals surface area contributed by atoms with E-state index in [-0.39, 0.29) is 5.69 Å². The van der Waals surface area contributed by atoms with Crippen LogP contribution in [-0.4, -0.2) is 32.2 Å². The number of aromatic nitrogens is 4. The first-order chi connectivity index (χ1) is 9.17. The van der Waals surface area contributed by atoms with Crippen LogP contribution in [0.5, 0.6) is 0 Å². The number of carbonyl (C=O) groups excluding carboxylic acids is 1. The van der Waals surface area contributed by atoms with Crippen LogP contribution in [0.2, 0.25) is 0 Å². The maximum absolute atomic E-state index is 11.4. The summed E-state index contributed by atoms with van der Waals surface area (Å²) in [6.07, 6.45) is 5.45. The van der Waals surface area contributed by atoms with Gasteiger partial charge in [-0.25, -0.2) is 9.78 Å². The first-order valence-corrected chi connectivity index (χ1v) is 6.37. The normalized spacial score (nSPS) is 11.0. The molecule has 0 radical (unpaired) electrons. The van der Waals surface area contributed by atoms with E-state index in [0.717, 1.165) is 10.7 Å². The van der Waals surface area contributed by atoms with Crippen molar-refractivity contribution in [2.45, 2.75) is 6.54 Å². The van der Waals surface area contributed by atoms with E-state index in [4.69, 9.17) is 5.73 Å². The maximum atomic E-state index is 11.4. The van der Waals surface area contributed by atoms with Crippen LogP contribution in [0.1, 0.15) is 16.2 Å². The molecule has 8 heteroatoms. The van der Waals surface area contributed by atoms with Gasteiger partial charge in [0.05, 0.1) is 25.0 Å². The first-order valence-electron chi connectivity index (χ1n) is 5.49. The quantitative estimate of drug-likeness (QED) is 0.722. The largest absolute Gasteiger partial charge is 0.464 e. The molecule has 0 bridgehead atoms. The van der Waals surface area contributed by atoms with Gasteiger partial charge in [0, 0.05) is 24.0 Å². The molecule has 98 valence electrons. The second kappa shape index (κ2) is 4.39. The van der Waals surface area contributed by atoms with Gasteiger partial charge in [-0.05, 0) is 0 Å².